The first-order valence-electron chi connectivity index (χ1n) is 11.7. The topological polar surface area (TPSA) is 104 Å². The van der Waals surface area contributed by atoms with Crippen molar-refractivity contribution in [1.29, 1.82) is 5.26 Å². The number of amides is 1. The van der Waals surface area contributed by atoms with E-state index < -0.39 is 5.60 Å². The van der Waals surface area contributed by atoms with Gasteiger partial charge in [0.2, 0.25) is 5.91 Å². The van der Waals surface area contributed by atoms with Crippen LogP contribution in [0.2, 0.25) is 5.02 Å². The van der Waals surface area contributed by atoms with Crippen LogP contribution < -0.4 is 10.6 Å². The molecular formula is C27H25ClN6O2S. The molecule has 8 nitrogen and oxygen atoms in total. The largest absolute Gasteiger partial charge is 0.370 e. The second-order valence-corrected chi connectivity index (χ2v) is 10.9. The quantitative estimate of drug-likeness (QED) is 0.298. The average molecular weight is 533 g/mol. The van der Waals surface area contributed by atoms with Crippen molar-refractivity contribution in [3.63, 3.8) is 0 Å². The number of aromatic nitrogens is 3. The van der Waals surface area contributed by atoms with Crippen molar-refractivity contribution < 1.29 is 9.53 Å². The molecule has 1 aliphatic heterocycles. The van der Waals surface area contributed by atoms with Gasteiger partial charge < -0.3 is 15.4 Å². The second-order valence-electron chi connectivity index (χ2n) is 9.49. The maximum Gasteiger partial charge on any atom is 0.234 e. The third-order valence-electron chi connectivity index (χ3n) is 6.13. The first-order chi connectivity index (χ1) is 17.7. The molecule has 5 rings (SSSR count). The lowest BCUT2D eigenvalue weighted by Crippen LogP contribution is -2.33. The number of nitrogens with one attached hydrogen (secondary N) is 2. The number of benzene rings is 2. The van der Waals surface area contributed by atoms with Crippen LogP contribution >= 0.6 is 23.4 Å². The highest BCUT2D eigenvalue weighted by Crippen LogP contribution is 2.38. The number of anilines is 3. The molecule has 3 heterocycles. The number of nitriles is 1. The van der Waals surface area contributed by atoms with Gasteiger partial charge in [0.1, 0.15) is 11.9 Å². The summed E-state index contributed by atoms with van der Waals surface area (Å²) in [4.78, 5) is 12.7. The van der Waals surface area contributed by atoms with Crippen molar-refractivity contribution in [3.8, 4) is 6.07 Å². The van der Waals surface area contributed by atoms with Crippen molar-refractivity contribution in [2.45, 2.75) is 44.6 Å². The predicted octanol–water partition coefficient (Wildman–Crippen LogP) is 5.89. The molecule has 0 bridgehead atoms. The summed E-state index contributed by atoms with van der Waals surface area (Å²) in [7, 11) is 0. The fourth-order valence-electron chi connectivity index (χ4n) is 4.26. The zero-order valence-electron chi connectivity index (χ0n) is 20.6. The Morgan fingerprint density at radius 3 is 2.54 bits per heavy atom. The van der Waals surface area contributed by atoms with Gasteiger partial charge in [-0.2, -0.15) is 5.26 Å². The molecule has 2 aromatic carbocycles. The van der Waals surface area contributed by atoms with Gasteiger partial charge in [-0.05, 0) is 62.7 Å². The summed E-state index contributed by atoms with van der Waals surface area (Å²) in [5.41, 5.74) is 5.10. The molecule has 0 unspecified atom stereocenters. The Kier molecular flexibility index (Phi) is 6.82. The zero-order valence-corrected chi connectivity index (χ0v) is 22.2. The molecule has 1 aliphatic rings. The molecule has 0 spiro atoms. The number of hydrogen-bond acceptors (Lipinski definition) is 7. The van der Waals surface area contributed by atoms with Crippen LogP contribution in [0.25, 0.3) is 5.65 Å². The minimum Gasteiger partial charge on any atom is -0.370 e. The number of carbonyl (C=O) groups excluding carboxylic acids is 1. The van der Waals surface area contributed by atoms with E-state index in [-0.39, 0.29) is 11.7 Å². The first kappa shape index (κ1) is 25.1. The maximum absolute atomic E-state index is 12.7. The van der Waals surface area contributed by atoms with Crippen molar-refractivity contribution >= 4 is 52.1 Å². The molecule has 4 aromatic rings. The first-order valence-corrected chi connectivity index (χ1v) is 13.1. The highest BCUT2D eigenvalue weighted by atomic mass is 35.5. The Balaban J connectivity index is 1.53. The number of thioether (sulfide) groups is 1. The molecule has 0 saturated carbocycles. The van der Waals surface area contributed by atoms with Crippen LogP contribution in [0.15, 0.2) is 53.7 Å². The molecule has 0 fully saturated rings. The van der Waals surface area contributed by atoms with Gasteiger partial charge in [0.15, 0.2) is 10.8 Å². The van der Waals surface area contributed by atoms with E-state index in [1.54, 1.807) is 24.3 Å². The molecular weight excluding hydrogens is 508 g/mol. The number of aryl methyl sites for hydroxylation is 1. The number of halogens is 1. The second kappa shape index (κ2) is 10.1. The fourth-order valence-corrected chi connectivity index (χ4v) is 5.13. The van der Waals surface area contributed by atoms with Crippen LogP contribution in [0.5, 0.6) is 0 Å². The third kappa shape index (κ3) is 5.27. The lowest BCUT2D eigenvalue weighted by molar-refractivity contribution is -0.113. The van der Waals surface area contributed by atoms with Crippen molar-refractivity contribution in [3.05, 3.63) is 75.8 Å². The fraction of sp³-hybridized carbons (Fsp3) is 0.259. The van der Waals surface area contributed by atoms with Gasteiger partial charge in [-0.1, -0.05) is 41.1 Å². The molecule has 2 aromatic heterocycles. The molecule has 1 amide bonds. The Morgan fingerprint density at radius 1 is 1.14 bits per heavy atom. The summed E-state index contributed by atoms with van der Waals surface area (Å²) in [6.45, 7) is 6.37. The Bertz CT molecular complexity index is 1520. The van der Waals surface area contributed by atoms with E-state index in [1.165, 1.54) is 11.8 Å². The van der Waals surface area contributed by atoms with E-state index in [0.717, 1.165) is 22.4 Å². The van der Waals surface area contributed by atoms with Gasteiger partial charge in [0, 0.05) is 28.4 Å². The molecule has 10 heteroatoms. The van der Waals surface area contributed by atoms with E-state index in [2.05, 4.69) is 26.9 Å². The number of rotatable bonds is 6. The van der Waals surface area contributed by atoms with Crippen molar-refractivity contribution in [1.82, 2.24) is 14.6 Å². The van der Waals surface area contributed by atoms with Crippen LogP contribution in [0.4, 0.5) is 17.2 Å². The van der Waals surface area contributed by atoms with Gasteiger partial charge in [-0.3, -0.25) is 9.20 Å². The Labute approximate surface area is 224 Å². The van der Waals surface area contributed by atoms with Gasteiger partial charge in [-0.25, -0.2) is 0 Å². The van der Waals surface area contributed by atoms with Gasteiger partial charge in [-0.15, -0.1) is 10.2 Å². The number of fused-ring (bicyclic) bond motifs is 3. The minimum atomic E-state index is -0.407. The standard InChI is InChI=1S/C27H25ClN6O2S/c1-16-4-8-19(9-5-16)31-24-21(13-29)20-12-27(2,3)36-14-22(20)25-32-33-26(34(24)25)37-15-23(35)30-18-10-6-17(28)7-11-18/h4-11,31H,12,14-15H2,1-3H3,(H,30,35). The van der Waals surface area contributed by atoms with Crippen LogP contribution in [0.1, 0.15) is 36.1 Å². The monoisotopic (exact) mass is 532 g/mol. The number of pyridine rings is 1. The summed E-state index contributed by atoms with van der Waals surface area (Å²) >= 11 is 7.18. The molecule has 37 heavy (non-hydrogen) atoms. The van der Waals surface area contributed by atoms with E-state index in [4.69, 9.17) is 16.3 Å². The molecule has 2 N–H and O–H groups in total. The number of hydrogen-bond donors (Lipinski definition) is 2. The summed E-state index contributed by atoms with van der Waals surface area (Å²) in [6, 6.07) is 17.3. The van der Waals surface area contributed by atoms with Crippen LogP contribution in [0, 0.1) is 18.3 Å². The highest BCUT2D eigenvalue weighted by molar-refractivity contribution is 7.99. The number of ether oxygens (including phenoxy) is 1. The average Bonchev–Trinajstić information content (AvgIpc) is 3.29. The summed E-state index contributed by atoms with van der Waals surface area (Å²) in [5, 5.41) is 26.5. The summed E-state index contributed by atoms with van der Waals surface area (Å²) in [6.07, 6.45) is 0.573. The molecule has 0 radical (unpaired) electrons. The molecule has 188 valence electrons. The number of carbonyl (C=O) groups is 1. The van der Waals surface area contributed by atoms with Crippen LogP contribution in [-0.4, -0.2) is 31.9 Å². The Hall–Kier alpha value is -3.58. The normalized spacial score (nSPS) is 14.1. The van der Waals surface area contributed by atoms with Crippen molar-refractivity contribution in [2.75, 3.05) is 16.4 Å². The molecule has 0 aliphatic carbocycles. The van der Waals surface area contributed by atoms with Gasteiger partial charge >= 0.3 is 0 Å². The van der Waals surface area contributed by atoms with Crippen LogP contribution in [0.3, 0.4) is 0 Å². The highest BCUT2D eigenvalue weighted by Gasteiger charge is 2.33. The van der Waals surface area contributed by atoms with E-state index in [1.807, 2.05) is 49.4 Å². The SMILES string of the molecule is Cc1ccc(Nc2c(C#N)c3c(c4nnc(SCC(=O)Nc5ccc(Cl)cc5)n24)COC(C)(C)C3)cc1. The zero-order chi connectivity index (χ0) is 26.2. The lowest BCUT2D eigenvalue weighted by atomic mass is 9.89. The van der Waals surface area contributed by atoms with Gasteiger partial charge in [0.05, 0.1) is 23.5 Å². The summed E-state index contributed by atoms with van der Waals surface area (Å²) < 4.78 is 7.88. The van der Waals surface area contributed by atoms with Crippen LogP contribution in [-0.2, 0) is 22.6 Å². The molecule has 0 saturated heterocycles. The van der Waals surface area contributed by atoms with E-state index in [0.29, 0.717) is 45.9 Å². The minimum absolute atomic E-state index is 0.107. The summed E-state index contributed by atoms with van der Waals surface area (Å²) in [5.74, 6) is 0.486. The third-order valence-corrected chi connectivity index (χ3v) is 7.31. The smallest absolute Gasteiger partial charge is 0.234 e. The van der Waals surface area contributed by atoms with Crippen molar-refractivity contribution in [2.24, 2.45) is 0 Å². The van der Waals surface area contributed by atoms with E-state index in [9.17, 15) is 10.1 Å². The number of nitrogens with zero attached hydrogens (tertiary/aromatic N) is 4. The Morgan fingerprint density at radius 2 is 1.84 bits per heavy atom. The van der Waals surface area contributed by atoms with Gasteiger partial charge in [0.25, 0.3) is 0 Å². The molecule has 0 atom stereocenters. The predicted molar refractivity (Wildman–Crippen MR) is 146 cm³/mol. The maximum atomic E-state index is 12.7. The lowest BCUT2D eigenvalue weighted by Gasteiger charge is -2.33. The van der Waals surface area contributed by atoms with E-state index >= 15 is 0 Å².